The molecule has 58 valence electrons. The fraction of sp³-hybridized carbons (Fsp3) is 0.778. The summed E-state index contributed by atoms with van der Waals surface area (Å²) in [4.78, 5) is 0. The molecule has 0 aliphatic carbocycles. The minimum Gasteiger partial charge on any atom is -0.371 e. The van der Waals surface area contributed by atoms with E-state index in [0.29, 0.717) is 12.2 Å². The minimum absolute atomic E-state index is 0.332. The van der Waals surface area contributed by atoms with Crippen LogP contribution in [-0.2, 0) is 4.74 Å². The fourth-order valence-corrected chi connectivity index (χ4v) is 1.49. The second-order valence-electron chi connectivity index (χ2n) is 3.03. The van der Waals surface area contributed by atoms with Crippen molar-refractivity contribution < 1.29 is 4.74 Å². The van der Waals surface area contributed by atoms with Gasteiger partial charge in [-0.1, -0.05) is 18.6 Å². The van der Waals surface area contributed by atoms with Crippen molar-refractivity contribution in [1.82, 2.24) is 0 Å². The normalized spacial score (nSPS) is 33.7. The molecule has 1 heterocycles. The third-order valence-electron chi connectivity index (χ3n) is 1.92. The zero-order valence-corrected chi connectivity index (χ0v) is 7.05. The standard InChI is InChI=1S/C9H16O/c1-4-9-5-7(2)10-8(3)6-9/h5,7-8H,4,6H2,1-3H3. The van der Waals surface area contributed by atoms with Crippen LogP contribution in [0.1, 0.15) is 33.6 Å². The average molecular weight is 140 g/mol. The van der Waals surface area contributed by atoms with Gasteiger partial charge in [-0.2, -0.15) is 0 Å². The maximum atomic E-state index is 5.54. The molecule has 0 N–H and O–H groups in total. The number of rotatable bonds is 1. The van der Waals surface area contributed by atoms with Gasteiger partial charge in [0.15, 0.2) is 0 Å². The summed E-state index contributed by atoms with van der Waals surface area (Å²) in [5, 5.41) is 0. The van der Waals surface area contributed by atoms with E-state index in [1.807, 2.05) is 0 Å². The third kappa shape index (κ3) is 1.84. The Kier molecular flexibility index (Phi) is 2.50. The molecule has 1 nitrogen and oxygen atoms in total. The van der Waals surface area contributed by atoms with Crippen molar-refractivity contribution in [3.8, 4) is 0 Å². The lowest BCUT2D eigenvalue weighted by molar-refractivity contribution is 0.0236. The summed E-state index contributed by atoms with van der Waals surface area (Å²) in [6, 6.07) is 0. The summed E-state index contributed by atoms with van der Waals surface area (Å²) in [6.07, 6.45) is 5.30. The summed E-state index contributed by atoms with van der Waals surface area (Å²) >= 11 is 0. The van der Waals surface area contributed by atoms with Gasteiger partial charge in [0.25, 0.3) is 0 Å². The molecule has 1 aliphatic heterocycles. The Morgan fingerprint density at radius 2 is 2.30 bits per heavy atom. The van der Waals surface area contributed by atoms with E-state index in [4.69, 9.17) is 4.74 Å². The first-order valence-electron chi connectivity index (χ1n) is 4.07. The van der Waals surface area contributed by atoms with Crippen molar-refractivity contribution in [2.24, 2.45) is 0 Å². The predicted molar refractivity (Wildman–Crippen MR) is 43.0 cm³/mol. The summed E-state index contributed by atoms with van der Waals surface area (Å²) in [5.41, 5.74) is 1.55. The second kappa shape index (κ2) is 3.20. The van der Waals surface area contributed by atoms with Gasteiger partial charge in [-0.05, 0) is 26.7 Å². The van der Waals surface area contributed by atoms with Gasteiger partial charge in [-0.15, -0.1) is 0 Å². The Hall–Kier alpha value is -0.300. The first-order chi connectivity index (χ1) is 4.72. The zero-order chi connectivity index (χ0) is 7.56. The van der Waals surface area contributed by atoms with Gasteiger partial charge < -0.3 is 4.74 Å². The van der Waals surface area contributed by atoms with Crippen LogP contribution in [0.15, 0.2) is 11.6 Å². The van der Waals surface area contributed by atoms with Gasteiger partial charge in [-0.25, -0.2) is 0 Å². The molecule has 0 radical (unpaired) electrons. The van der Waals surface area contributed by atoms with E-state index in [1.165, 1.54) is 6.42 Å². The second-order valence-corrected chi connectivity index (χ2v) is 3.03. The summed E-state index contributed by atoms with van der Waals surface area (Å²) in [7, 11) is 0. The molecule has 2 unspecified atom stereocenters. The lowest BCUT2D eigenvalue weighted by Crippen LogP contribution is -2.21. The van der Waals surface area contributed by atoms with Crippen molar-refractivity contribution >= 4 is 0 Å². The molecule has 0 spiro atoms. The molecule has 0 saturated carbocycles. The molecular weight excluding hydrogens is 124 g/mol. The predicted octanol–water partition coefficient (Wildman–Crippen LogP) is 2.52. The Morgan fingerprint density at radius 1 is 1.60 bits per heavy atom. The Balaban J connectivity index is 2.56. The number of hydrogen-bond donors (Lipinski definition) is 0. The van der Waals surface area contributed by atoms with E-state index in [1.54, 1.807) is 5.57 Å². The summed E-state index contributed by atoms with van der Waals surface area (Å²) < 4.78 is 5.54. The first-order valence-corrected chi connectivity index (χ1v) is 4.07. The fourth-order valence-electron chi connectivity index (χ4n) is 1.49. The van der Waals surface area contributed by atoms with E-state index in [9.17, 15) is 0 Å². The van der Waals surface area contributed by atoms with Crippen LogP contribution in [0.3, 0.4) is 0 Å². The van der Waals surface area contributed by atoms with Crippen molar-refractivity contribution in [1.29, 1.82) is 0 Å². The average Bonchev–Trinajstić information content (AvgIpc) is 1.85. The molecule has 10 heavy (non-hydrogen) atoms. The van der Waals surface area contributed by atoms with Gasteiger partial charge in [0, 0.05) is 0 Å². The molecule has 1 rings (SSSR count). The summed E-state index contributed by atoms with van der Waals surface area (Å²) in [5.74, 6) is 0. The van der Waals surface area contributed by atoms with Crippen LogP contribution < -0.4 is 0 Å². The van der Waals surface area contributed by atoms with Crippen molar-refractivity contribution in [3.63, 3.8) is 0 Å². The quantitative estimate of drug-likeness (QED) is 0.508. The minimum atomic E-state index is 0.332. The van der Waals surface area contributed by atoms with Crippen molar-refractivity contribution in [3.05, 3.63) is 11.6 Å². The zero-order valence-electron chi connectivity index (χ0n) is 7.05. The molecule has 0 amide bonds. The highest BCUT2D eigenvalue weighted by molar-refractivity contribution is 5.08. The van der Waals surface area contributed by atoms with Crippen LogP contribution in [0.4, 0.5) is 0 Å². The van der Waals surface area contributed by atoms with Crippen LogP contribution in [0.5, 0.6) is 0 Å². The third-order valence-corrected chi connectivity index (χ3v) is 1.92. The lowest BCUT2D eigenvalue weighted by Gasteiger charge is -2.24. The van der Waals surface area contributed by atoms with Gasteiger partial charge in [0.05, 0.1) is 12.2 Å². The first kappa shape index (κ1) is 7.80. The smallest absolute Gasteiger partial charge is 0.0734 e. The molecule has 0 aromatic rings. The molecule has 1 heteroatoms. The van der Waals surface area contributed by atoms with Crippen LogP contribution in [-0.4, -0.2) is 12.2 Å². The lowest BCUT2D eigenvalue weighted by atomic mass is 10.0. The van der Waals surface area contributed by atoms with E-state index in [-0.39, 0.29) is 0 Å². The van der Waals surface area contributed by atoms with E-state index >= 15 is 0 Å². The highest BCUT2D eigenvalue weighted by Gasteiger charge is 2.14. The Morgan fingerprint density at radius 3 is 2.80 bits per heavy atom. The molecule has 0 aromatic heterocycles. The molecule has 2 atom stereocenters. The molecular formula is C9H16O. The number of ether oxygens (including phenoxy) is 1. The molecule has 0 aromatic carbocycles. The Labute approximate surface area is 63.1 Å². The largest absolute Gasteiger partial charge is 0.371 e. The summed E-state index contributed by atoms with van der Waals surface area (Å²) in [6.45, 7) is 6.45. The van der Waals surface area contributed by atoms with Crippen LogP contribution in [0, 0.1) is 0 Å². The SMILES string of the molecule is CCC1=CC(C)OC(C)C1. The molecule has 1 aliphatic rings. The van der Waals surface area contributed by atoms with Crippen LogP contribution in [0.25, 0.3) is 0 Å². The highest BCUT2D eigenvalue weighted by Crippen LogP contribution is 2.20. The number of hydrogen-bond acceptors (Lipinski definition) is 1. The monoisotopic (exact) mass is 140 g/mol. The molecule has 0 fully saturated rings. The van der Waals surface area contributed by atoms with Crippen molar-refractivity contribution in [2.45, 2.75) is 45.8 Å². The topological polar surface area (TPSA) is 9.23 Å². The highest BCUT2D eigenvalue weighted by atomic mass is 16.5. The van der Waals surface area contributed by atoms with Gasteiger partial charge in [0.2, 0.25) is 0 Å². The van der Waals surface area contributed by atoms with E-state index in [0.717, 1.165) is 6.42 Å². The van der Waals surface area contributed by atoms with Gasteiger partial charge in [-0.3, -0.25) is 0 Å². The van der Waals surface area contributed by atoms with Crippen molar-refractivity contribution in [2.75, 3.05) is 0 Å². The van der Waals surface area contributed by atoms with Crippen LogP contribution >= 0.6 is 0 Å². The molecule has 0 bridgehead atoms. The van der Waals surface area contributed by atoms with Gasteiger partial charge >= 0.3 is 0 Å². The van der Waals surface area contributed by atoms with E-state index in [2.05, 4.69) is 26.8 Å². The maximum Gasteiger partial charge on any atom is 0.0734 e. The van der Waals surface area contributed by atoms with E-state index < -0.39 is 0 Å². The van der Waals surface area contributed by atoms with Crippen LogP contribution in [0.2, 0.25) is 0 Å². The Bertz CT molecular complexity index is 138. The molecule has 0 saturated heterocycles. The maximum absolute atomic E-state index is 5.54. The van der Waals surface area contributed by atoms with Gasteiger partial charge in [0.1, 0.15) is 0 Å².